The Labute approximate surface area is 133 Å². The number of hydrogen-bond donors (Lipinski definition) is 5. The molecule has 3 aliphatic rings. The first-order chi connectivity index (χ1) is 10.6. The maximum atomic E-state index is 10.3. The summed E-state index contributed by atoms with van der Waals surface area (Å²) in [6, 6.07) is 0. The normalized spacial score (nSPS) is 40.2. The van der Waals surface area contributed by atoms with Gasteiger partial charge in [0, 0.05) is 0 Å². The third kappa shape index (κ3) is 6.87. The quantitative estimate of drug-likeness (QED) is 0.308. The van der Waals surface area contributed by atoms with Crippen molar-refractivity contribution >= 4 is 0 Å². The zero-order valence-corrected chi connectivity index (χ0v) is 13.9. The van der Waals surface area contributed by atoms with E-state index in [1.807, 2.05) is 0 Å². The van der Waals surface area contributed by atoms with Gasteiger partial charge in [0.15, 0.2) is 12.2 Å². The lowest BCUT2D eigenvalue weighted by atomic mass is 10.2. The second-order valence-corrected chi connectivity index (χ2v) is 6.81. The summed E-state index contributed by atoms with van der Waals surface area (Å²) in [5, 5.41) is 20.6. The molecule has 7 nitrogen and oxygen atoms in total. The first kappa shape index (κ1) is 18.1. The Hall–Kier alpha value is -0.280. The van der Waals surface area contributed by atoms with Crippen LogP contribution in [0.2, 0.25) is 0 Å². The van der Waals surface area contributed by atoms with Gasteiger partial charge in [0.05, 0.1) is 33.5 Å². The molecule has 130 valence electrons. The van der Waals surface area contributed by atoms with E-state index in [0.29, 0.717) is 13.1 Å². The topological polar surface area (TPSA) is 72.2 Å². The fourth-order valence-electron chi connectivity index (χ4n) is 3.43. The van der Waals surface area contributed by atoms with Gasteiger partial charge in [-0.15, -0.1) is 0 Å². The number of rotatable bonds is 0. The molecule has 5 N–H and O–H groups in total. The maximum absolute atomic E-state index is 10.3. The number of aliphatic hydroxyl groups is 2. The highest BCUT2D eigenvalue weighted by molar-refractivity contribution is 4.54. The first-order valence-electron chi connectivity index (χ1n) is 8.63. The molecule has 3 rings (SSSR count). The van der Waals surface area contributed by atoms with Gasteiger partial charge in [-0.3, -0.25) is 0 Å². The molecule has 0 aromatic heterocycles. The van der Waals surface area contributed by atoms with Crippen LogP contribution in [-0.4, -0.2) is 108 Å². The van der Waals surface area contributed by atoms with Gasteiger partial charge in [-0.25, -0.2) is 0 Å². The van der Waals surface area contributed by atoms with Crippen LogP contribution in [-0.2, 0) is 9.47 Å². The van der Waals surface area contributed by atoms with Crippen LogP contribution in [0.15, 0.2) is 0 Å². The van der Waals surface area contributed by atoms with Gasteiger partial charge < -0.3 is 34.4 Å². The van der Waals surface area contributed by atoms with Crippen molar-refractivity contribution in [2.75, 3.05) is 85.8 Å². The minimum Gasteiger partial charge on any atom is -0.382 e. The Bertz CT molecular complexity index is 269. The number of likely N-dealkylation sites (N-methyl/N-ethyl adjacent to an activating group) is 1. The van der Waals surface area contributed by atoms with Crippen molar-refractivity contribution in [3.8, 4) is 0 Å². The van der Waals surface area contributed by atoms with E-state index in [1.165, 1.54) is 14.7 Å². The van der Waals surface area contributed by atoms with E-state index in [4.69, 9.17) is 9.47 Å². The fraction of sp³-hybridized carbons (Fsp3) is 1.00. The van der Waals surface area contributed by atoms with Crippen LogP contribution in [0.1, 0.15) is 0 Å². The van der Waals surface area contributed by atoms with E-state index < -0.39 is 0 Å². The average Bonchev–Trinajstić information content (AvgIpc) is 2.42. The molecule has 3 atom stereocenters. The van der Waals surface area contributed by atoms with Crippen LogP contribution in [0.3, 0.4) is 0 Å². The molecule has 0 spiro atoms. The largest absolute Gasteiger partial charge is 0.382 e. The molecule has 3 fully saturated rings. The van der Waals surface area contributed by atoms with E-state index >= 15 is 0 Å². The molecule has 0 aromatic carbocycles. The van der Waals surface area contributed by atoms with Gasteiger partial charge in [-0.2, -0.15) is 0 Å². The van der Waals surface area contributed by atoms with Crippen molar-refractivity contribution in [1.29, 1.82) is 0 Å². The summed E-state index contributed by atoms with van der Waals surface area (Å²) in [4.78, 5) is 3.87. The summed E-state index contributed by atoms with van der Waals surface area (Å²) in [7, 11) is 2.05. The smallest absolute Gasteiger partial charge is 0.152 e. The molecule has 3 heterocycles. The van der Waals surface area contributed by atoms with Gasteiger partial charge in [0.25, 0.3) is 0 Å². The van der Waals surface area contributed by atoms with Crippen LogP contribution < -0.4 is 14.7 Å². The van der Waals surface area contributed by atoms with Gasteiger partial charge >= 0.3 is 0 Å². The van der Waals surface area contributed by atoms with E-state index in [1.54, 1.807) is 0 Å². The molecule has 0 amide bonds. The molecule has 1 unspecified atom stereocenters. The number of ether oxygens (including phenoxy) is 2. The minimum absolute atomic E-state index is 0.350. The number of quaternary nitrogens is 3. The molecular formula is C15H34N3O4+3. The van der Waals surface area contributed by atoms with Crippen LogP contribution in [0, 0.1) is 0 Å². The van der Waals surface area contributed by atoms with Crippen LogP contribution in [0.5, 0.6) is 0 Å². The summed E-state index contributed by atoms with van der Waals surface area (Å²) in [6.07, 6.45) is -0.701. The summed E-state index contributed by atoms with van der Waals surface area (Å²) in [6.45, 7) is 9.34. The van der Waals surface area contributed by atoms with E-state index in [9.17, 15) is 10.2 Å². The van der Waals surface area contributed by atoms with Crippen molar-refractivity contribution < 1.29 is 34.4 Å². The van der Waals surface area contributed by atoms with Gasteiger partial charge in [-0.1, -0.05) is 0 Å². The molecule has 0 radical (unpaired) electrons. The first-order valence-corrected chi connectivity index (χ1v) is 8.63. The summed E-state index contributed by atoms with van der Waals surface area (Å²) in [5.74, 6) is 0. The molecule has 0 aromatic rings. The SMILES string of the molecule is C[NH+]1C[C@@H](O)C[NH+]2CCOCC[NH+](CCOCC2)C[C@@H](O)C1. The van der Waals surface area contributed by atoms with Crippen molar-refractivity contribution in [2.24, 2.45) is 0 Å². The van der Waals surface area contributed by atoms with Crippen molar-refractivity contribution in [3.63, 3.8) is 0 Å². The van der Waals surface area contributed by atoms with Crippen LogP contribution in [0.4, 0.5) is 0 Å². The lowest BCUT2D eigenvalue weighted by Gasteiger charge is -2.28. The van der Waals surface area contributed by atoms with E-state index in [2.05, 4.69) is 7.05 Å². The number of nitrogens with one attached hydrogen (secondary N) is 3. The van der Waals surface area contributed by atoms with Gasteiger partial charge in [0.1, 0.15) is 52.4 Å². The number of fused-ring (bicyclic) bond motifs is 14. The number of hydrogen-bond acceptors (Lipinski definition) is 4. The Morgan fingerprint density at radius 3 is 1.41 bits per heavy atom. The standard InChI is InChI=1S/C15H31N3O4/c1-16-10-14(19)12-17-2-6-21-8-4-18(13-15(20)11-16)5-9-22-7-3-17/h14-15,19-20H,2-13H2,1H3/p+3/t14-,15+. The highest BCUT2D eigenvalue weighted by Gasteiger charge is 2.24. The van der Waals surface area contributed by atoms with Crippen LogP contribution >= 0.6 is 0 Å². The predicted octanol–water partition coefficient (Wildman–Crippen LogP) is -5.95. The van der Waals surface area contributed by atoms with Crippen molar-refractivity contribution in [3.05, 3.63) is 0 Å². The fourth-order valence-corrected chi connectivity index (χ4v) is 3.43. The summed E-state index contributed by atoms with van der Waals surface area (Å²) < 4.78 is 11.5. The highest BCUT2D eigenvalue weighted by Crippen LogP contribution is 1.80. The third-order valence-electron chi connectivity index (χ3n) is 4.62. The zero-order valence-electron chi connectivity index (χ0n) is 13.9. The molecule has 3 saturated heterocycles. The summed E-state index contributed by atoms with van der Waals surface area (Å²) >= 11 is 0. The molecule has 7 heteroatoms. The molecular weight excluding hydrogens is 286 g/mol. The average molecular weight is 320 g/mol. The number of aliphatic hydroxyl groups excluding tert-OH is 2. The molecule has 3 aliphatic heterocycles. The van der Waals surface area contributed by atoms with Gasteiger partial charge in [-0.05, 0) is 0 Å². The lowest BCUT2D eigenvalue weighted by Crippen LogP contribution is -3.18. The van der Waals surface area contributed by atoms with E-state index in [0.717, 1.165) is 65.7 Å². The molecule has 2 bridgehead atoms. The molecule has 0 aliphatic carbocycles. The van der Waals surface area contributed by atoms with E-state index in [-0.39, 0.29) is 12.2 Å². The monoisotopic (exact) mass is 320 g/mol. The zero-order chi connectivity index (χ0) is 15.8. The molecule has 0 saturated carbocycles. The highest BCUT2D eigenvalue weighted by atomic mass is 16.5. The second-order valence-electron chi connectivity index (χ2n) is 6.81. The Morgan fingerprint density at radius 2 is 1.05 bits per heavy atom. The lowest BCUT2D eigenvalue weighted by molar-refractivity contribution is -0.931. The Morgan fingerprint density at radius 1 is 0.682 bits per heavy atom. The van der Waals surface area contributed by atoms with Crippen molar-refractivity contribution in [1.82, 2.24) is 0 Å². The maximum Gasteiger partial charge on any atom is 0.152 e. The minimum atomic E-state index is -0.350. The Balaban J connectivity index is 2.04. The predicted molar refractivity (Wildman–Crippen MR) is 81.4 cm³/mol. The van der Waals surface area contributed by atoms with Crippen molar-refractivity contribution in [2.45, 2.75) is 12.2 Å². The second kappa shape index (κ2) is 9.77. The Kier molecular flexibility index (Phi) is 8.02. The summed E-state index contributed by atoms with van der Waals surface area (Å²) in [5.41, 5.74) is 0. The third-order valence-corrected chi connectivity index (χ3v) is 4.62. The van der Waals surface area contributed by atoms with Crippen LogP contribution in [0.25, 0.3) is 0 Å². The van der Waals surface area contributed by atoms with Gasteiger partial charge in [0.2, 0.25) is 0 Å². The molecule has 22 heavy (non-hydrogen) atoms.